The summed E-state index contributed by atoms with van der Waals surface area (Å²) in [5, 5.41) is 13.6. The van der Waals surface area contributed by atoms with Gasteiger partial charge in [-0.15, -0.1) is 0 Å². The molecule has 0 bridgehead atoms. The summed E-state index contributed by atoms with van der Waals surface area (Å²) in [5.74, 6) is -0.0626. The summed E-state index contributed by atoms with van der Waals surface area (Å²) >= 11 is 0. The third kappa shape index (κ3) is 33.3. The number of nitrogens with one attached hydrogen (secondary N) is 1. The first kappa shape index (κ1) is 47.4. The Morgan fingerprint density at radius 2 is 1.29 bits per heavy atom. The summed E-state index contributed by atoms with van der Waals surface area (Å²) in [7, 11) is 1.20. The van der Waals surface area contributed by atoms with Crippen molar-refractivity contribution in [3.63, 3.8) is 0 Å². The molecular formula is C39H73N2O7P. The molecule has 3 atom stereocenters. The van der Waals surface area contributed by atoms with Gasteiger partial charge < -0.3 is 28.8 Å². The fourth-order valence-corrected chi connectivity index (χ4v) is 5.85. The van der Waals surface area contributed by atoms with Crippen molar-refractivity contribution in [2.45, 2.75) is 161 Å². The predicted octanol–water partition coefficient (Wildman–Crippen LogP) is 8.51. The molecule has 1 unspecified atom stereocenters. The minimum atomic E-state index is -4.60. The van der Waals surface area contributed by atoms with Crippen molar-refractivity contribution in [3.8, 4) is 0 Å². The zero-order valence-electron chi connectivity index (χ0n) is 31.9. The van der Waals surface area contributed by atoms with Gasteiger partial charge in [-0.25, -0.2) is 0 Å². The highest BCUT2D eigenvalue weighted by molar-refractivity contribution is 7.45. The third-order valence-electron chi connectivity index (χ3n) is 8.32. The molecule has 0 aliphatic rings. The molecule has 10 heteroatoms. The number of likely N-dealkylation sites (N-methyl/N-ethyl adjacent to an activating group) is 1. The first-order chi connectivity index (χ1) is 23.4. The molecule has 49 heavy (non-hydrogen) atoms. The minimum Gasteiger partial charge on any atom is -0.756 e. The largest absolute Gasteiger partial charge is 0.756 e. The summed E-state index contributed by atoms with van der Waals surface area (Å²) in [6.07, 6.45) is 31.6. The lowest BCUT2D eigenvalue weighted by Crippen LogP contribution is -2.45. The van der Waals surface area contributed by atoms with E-state index in [-0.39, 0.29) is 24.7 Å². The molecular weight excluding hydrogens is 639 g/mol. The van der Waals surface area contributed by atoms with Crippen LogP contribution in [0.25, 0.3) is 0 Å². The zero-order valence-corrected chi connectivity index (χ0v) is 32.8. The monoisotopic (exact) mass is 713 g/mol. The Labute approximate surface area is 300 Å². The Morgan fingerprint density at radius 3 is 1.90 bits per heavy atom. The van der Waals surface area contributed by atoms with Crippen LogP contribution in [0.1, 0.15) is 149 Å². The predicted molar refractivity (Wildman–Crippen MR) is 201 cm³/mol. The van der Waals surface area contributed by atoms with Crippen LogP contribution < -0.4 is 10.2 Å². The maximum absolute atomic E-state index is 12.8. The quantitative estimate of drug-likeness (QED) is 0.0171. The molecule has 0 aromatic carbocycles. The molecule has 0 fully saturated rings. The summed E-state index contributed by atoms with van der Waals surface area (Å²) in [6.45, 7) is 4.41. The van der Waals surface area contributed by atoms with Gasteiger partial charge in [0.25, 0.3) is 7.82 Å². The Morgan fingerprint density at radius 1 is 0.755 bits per heavy atom. The number of carbonyl (C=O) groups is 2. The number of nitrogens with zero attached hydrogens (tertiary/aromatic N) is 1. The van der Waals surface area contributed by atoms with Gasteiger partial charge in [-0.05, 0) is 44.6 Å². The molecule has 0 radical (unpaired) electrons. The van der Waals surface area contributed by atoms with E-state index in [0.29, 0.717) is 23.9 Å². The number of unbranched alkanes of at least 4 members (excludes halogenated alkanes) is 16. The average Bonchev–Trinajstić information content (AvgIpc) is 3.03. The standard InChI is InChI=1S/C39H73N2O7P/c1-6-8-10-11-12-13-14-17-20-23-27-31-38(43)37(35-48-49(45,46)47-34-33-41(3,4)5)40-39(44)32-28-24-21-18-15-16-19-22-26-30-36(42)29-25-9-7-2/h19,22,26-27,30-31,37-38,43H,6-18,20-21,23-25,28-29,32-35H2,1-5H3,(H-,40,44,45,46)/b22-19-,30-26+,31-27+/t37-,38+/m0/s1. The number of amides is 1. The van der Waals surface area contributed by atoms with Crippen molar-refractivity contribution in [1.82, 2.24) is 5.32 Å². The van der Waals surface area contributed by atoms with E-state index in [0.717, 1.165) is 70.6 Å². The fraction of sp³-hybridized carbons (Fsp3) is 0.795. The van der Waals surface area contributed by atoms with Crippen LogP contribution in [0.5, 0.6) is 0 Å². The number of hydrogen-bond donors (Lipinski definition) is 2. The van der Waals surface area contributed by atoms with E-state index in [2.05, 4.69) is 25.2 Å². The van der Waals surface area contributed by atoms with Crippen LogP contribution in [0.4, 0.5) is 0 Å². The van der Waals surface area contributed by atoms with Gasteiger partial charge in [0, 0.05) is 12.8 Å². The number of ketones is 1. The van der Waals surface area contributed by atoms with Gasteiger partial charge in [0.2, 0.25) is 5.91 Å². The lowest BCUT2D eigenvalue weighted by Gasteiger charge is -2.29. The van der Waals surface area contributed by atoms with Crippen molar-refractivity contribution < 1.29 is 37.7 Å². The summed E-state index contributed by atoms with van der Waals surface area (Å²) in [4.78, 5) is 36.9. The zero-order chi connectivity index (χ0) is 36.6. The van der Waals surface area contributed by atoms with Crippen LogP contribution in [-0.4, -0.2) is 74.3 Å². The third-order valence-corrected chi connectivity index (χ3v) is 9.28. The normalized spacial score (nSPS) is 14.9. The van der Waals surface area contributed by atoms with E-state index in [9.17, 15) is 24.2 Å². The summed E-state index contributed by atoms with van der Waals surface area (Å²) in [6, 6.07) is -0.913. The van der Waals surface area contributed by atoms with E-state index < -0.39 is 26.6 Å². The van der Waals surface area contributed by atoms with E-state index in [4.69, 9.17) is 9.05 Å². The van der Waals surface area contributed by atoms with Gasteiger partial charge in [-0.2, -0.15) is 0 Å². The second kappa shape index (κ2) is 31.2. The van der Waals surface area contributed by atoms with Gasteiger partial charge in [-0.3, -0.25) is 14.2 Å². The second-order valence-electron chi connectivity index (χ2n) is 14.3. The number of hydrogen-bond acceptors (Lipinski definition) is 7. The van der Waals surface area contributed by atoms with Gasteiger partial charge in [0.05, 0.1) is 39.9 Å². The van der Waals surface area contributed by atoms with Crippen LogP contribution in [0.2, 0.25) is 0 Å². The average molecular weight is 713 g/mol. The Hall–Kier alpha value is -1.61. The van der Waals surface area contributed by atoms with Gasteiger partial charge in [0.1, 0.15) is 13.2 Å². The lowest BCUT2D eigenvalue weighted by molar-refractivity contribution is -0.870. The highest BCUT2D eigenvalue weighted by atomic mass is 31.2. The number of phosphoric ester groups is 1. The number of carbonyl (C=O) groups excluding carboxylic acids is 2. The minimum absolute atomic E-state index is 0.0178. The van der Waals surface area contributed by atoms with Gasteiger partial charge in [0.15, 0.2) is 5.78 Å². The van der Waals surface area contributed by atoms with Gasteiger partial charge >= 0.3 is 0 Å². The van der Waals surface area contributed by atoms with Gasteiger partial charge in [-0.1, -0.05) is 128 Å². The number of aliphatic hydroxyl groups is 1. The van der Waals surface area contributed by atoms with Crippen LogP contribution >= 0.6 is 7.82 Å². The van der Waals surface area contributed by atoms with Crippen molar-refractivity contribution in [2.75, 3.05) is 40.9 Å². The van der Waals surface area contributed by atoms with E-state index in [1.54, 1.807) is 12.2 Å². The molecule has 0 aromatic heterocycles. The molecule has 0 aromatic rings. The molecule has 0 saturated heterocycles. The van der Waals surface area contributed by atoms with Crippen molar-refractivity contribution in [1.29, 1.82) is 0 Å². The second-order valence-corrected chi connectivity index (χ2v) is 15.7. The molecule has 9 nitrogen and oxygen atoms in total. The van der Waals surface area contributed by atoms with Crippen LogP contribution in [0.15, 0.2) is 36.5 Å². The Kier molecular flexibility index (Phi) is 30.1. The maximum atomic E-state index is 12.8. The number of aliphatic hydroxyl groups excluding tert-OH is 1. The molecule has 0 aliphatic carbocycles. The smallest absolute Gasteiger partial charge is 0.268 e. The van der Waals surface area contributed by atoms with Crippen molar-refractivity contribution >= 4 is 19.5 Å². The Bertz CT molecular complexity index is 962. The van der Waals surface area contributed by atoms with Crippen LogP contribution in [0, 0.1) is 0 Å². The molecule has 2 N–H and O–H groups in total. The maximum Gasteiger partial charge on any atom is 0.268 e. The first-order valence-corrected chi connectivity index (χ1v) is 20.8. The summed E-state index contributed by atoms with van der Waals surface area (Å²) < 4.78 is 23.0. The van der Waals surface area contributed by atoms with E-state index in [1.165, 1.54) is 44.9 Å². The number of allylic oxidation sites excluding steroid dienone is 5. The van der Waals surface area contributed by atoms with E-state index >= 15 is 0 Å². The van der Waals surface area contributed by atoms with Crippen LogP contribution in [0.3, 0.4) is 0 Å². The molecule has 0 heterocycles. The molecule has 286 valence electrons. The number of phosphoric acid groups is 1. The molecule has 0 saturated carbocycles. The van der Waals surface area contributed by atoms with Crippen molar-refractivity contribution in [3.05, 3.63) is 36.5 Å². The fourth-order valence-electron chi connectivity index (χ4n) is 5.13. The SMILES string of the molecule is CCCCCCCCCCC/C=C/[C@@H](O)[C@H](COP(=O)([O-])OCC[N+](C)(C)C)NC(=O)CCCCCCC/C=C\C=C\C(=O)CCCCC. The Balaban J connectivity index is 4.60. The molecule has 0 rings (SSSR count). The highest BCUT2D eigenvalue weighted by Gasteiger charge is 2.23. The topological polar surface area (TPSA) is 125 Å². The number of quaternary nitrogens is 1. The first-order valence-electron chi connectivity index (χ1n) is 19.3. The highest BCUT2D eigenvalue weighted by Crippen LogP contribution is 2.38. The van der Waals surface area contributed by atoms with Crippen molar-refractivity contribution in [2.24, 2.45) is 0 Å². The molecule has 0 spiro atoms. The number of rotatable bonds is 34. The van der Waals surface area contributed by atoms with Crippen LogP contribution in [-0.2, 0) is 23.2 Å². The summed E-state index contributed by atoms with van der Waals surface area (Å²) in [5.41, 5.74) is 0. The molecule has 0 aliphatic heterocycles. The van der Waals surface area contributed by atoms with E-state index in [1.807, 2.05) is 39.4 Å². The molecule has 1 amide bonds. The lowest BCUT2D eigenvalue weighted by atomic mass is 10.1.